The highest BCUT2D eigenvalue weighted by Crippen LogP contribution is 2.32. The van der Waals surface area contributed by atoms with Crippen molar-refractivity contribution in [3.05, 3.63) is 63.2 Å². The van der Waals surface area contributed by atoms with Crippen LogP contribution in [-0.2, 0) is 6.61 Å². The first-order valence-electron chi connectivity index (χ1n) is 10.7. The van der Waals surface area contributed by atoms with E-state index in [-0.39, 0.29) is 22.9 Å². The van der Waals surface area contributed by atoms with Gasteiger partial charge >= 0.3 is 18.0 Å². The molecule has 4 rings (SSSR count). The molecule has 0 bridgehead atoms. The number of aromatic carboxylic acids is 2. The molecule has 2 heterocycles. The minimum absolute atomic E-state index is 0.0939. The number of benzene rings is 1. The van der Waals surface area contributed by atoms with E-state index < -0.39 is 58.2 Å². The van der Waals surface area contributed by atoms with E-state index in [9.17, 15) is 32.7 Å². The number of anilines is 2. The standard InChI is InChI=1S/C23H18F3N3O7S/c24-12-3-4-16(35-7-10-1-2-10)11(19(12)26)8-36-17-5-14(13(25)6-27-17)28-23(34)29-15-9-37-20(22(32)33)18(15)21(30)31/h3-6,9-10H,1-2,7-8H2,(H,30,31)(H,32,33)(H2,27,28,29,34). The molecular weight excluding hydrogens is 519 g/mol. The van der Waals surface area contributed by atoms with Crippen molar-refractivity contribution in [2.75, 3.05) is 17.2 Å². The number of amides is 2. The van der Waals surface area contributed by atoms with Crippen molar-refractivity contribution < 1.29 is 47.2 Å². The summed E-state index contributed by atoms with van der Waals surface area (Å²) >= 11 is 0.588. The van der Waals surface area contributed by atoms with Crippen LogP contribution in [0.3, 0.4) is 0 Å². The van der Waals surface area contributed by atoms with Gasteiger partial charge in [0.1, 0.15) is 22.8 Å². The van der Waals surface area contributed by atoms with Crippen LogP contribution in [0.5, 0.6) is 11.6 Å². The molecule has 1 fully saturated rings. The van der Waals surface area contributed by atoms with Crippen LogP contribution in [0.1, 0.15) is 38.4 Å². The van der Waals surface area contributed by atoms with Crippen LogP contribution >= 0.6 is 11.3 Å². The molecule has 1 saturated carbocycles. The van der Waals surface area contributed by atoms with Crippen molar-refractivity contribution in [2.45, 2.75) is 19.4 Å². The Hall–Kier alpha value is -4.33. The number of aromatic nitrogens is 1. The van der Waals surface area contributed by atoms with Gasteiger partial charge < -0.3 is 30.3 Å². The topological polar surface area (TPSA) is 147 Å². The van der Waals surface area contributed by atoms with E-state index in [1.807, 2.05) is 0 Å². The number of carbonyl (C=O) groups is 3. The number of pyridine rings is 1. The van der Waals surface area contributed by atoms with Gasteiger partial charge in [-0.15, -0.1) is 11.3 Å². The number of hydrogen-bond acceptors (Lipinski definition) is 7. The number of hydrogen-bond donors (Lipinski definition) is 4. The molecule has 14 heteroatoms. The molecule has 3 aromatic rings. The molecule has 1 aliphatic rings. The van der Waals surface area contributed by atoms with Crippen molar-refractivity contribution in [3.8, 4) is 11.6 Å². The third kappa shape index (κ3) is 6.09. The highest BCUT2D eigenvalue weighted by molar-refractivity contribution is 7.13. The lowest BCUT2D eigenvalue weighted by Crippen LogP contribution is -2.21. The molecule has 2 aromatic heterocycles. The summed E-state index contributed by atoms with van der Waals surface area (Å²) in [5, 5.41) is 23.8. The van der Waals surface area contributed by atoms with Crippen molar-refractivity contribution in [2.24, 2.45) is 5.92 Å². The molecule has 0 atom stereocenters. The zero-order valence-electron chi connectivity index (χ0n) is 18.7. The van der Waals surface area contributed by atoms with Gasteiger partial charge in [-0.05, 0) is 30.9 Å². The largest absolute Gasteiger partial charge is 0.493 e. The van der Waals surface area contributed by atoms with Crippen LogP contribution < -0.4 is 20.1 Å². The Kier molecular flexibility index (Phi) is 7.47. The first-order chi connectivity index (χ1) is 17.6. The van der Waals surface area contributed by atoms with E-state index in [1.165, 1.54) is 6.07 Å². The Labute approximate surface area is 210 Å². The van der Waals surface area contributed by atoms with Crippen LogP contribution in [0.4, 0.5) is 29.3 Å². The number of halogens is 3. The van der Waals surface area contributed by atoms with Crippen LogP contribution in [0.2, 0.25) is 0 Å². The first-order valence-corrected chi connectivity index (χ1v) is 11.6. The van der Waals surface area contributed by atoms with E-state index in [0.717, 1.165) is 30.4 Å². The van der Waals surface area contributed by atoms with Crippen LogP contribution in [0.15, 0.2) is 29.8 Å². The highest BCUT2D eigenvalue weighted by atomic mass is 32.1. The minimum atomic E-state index is -1.58. The van der Waals surface area contributed by atoms with Gasteiger partial charge in [0, 0.05) is 11.4 Å². The number of urea groups is 1. The quantitative estimate of drug-likeness (QED) is 0.284. The fourth-order valence-electron chi connectivity index (χ4n) is 3.17. The molecule has 0 radical (unpaired) electrons. The second-order valence-corrected chi connectivity index (χ2v) is 8.81. The average Bonchev–Trinajstić information content (AvgIpc) is 3.58. The third-order valence-electron chi connectivity index (χ3n) is 5.21. The second-order valence-electron chi connectivity index (χ2n) is 7.93. The van der Waals surface area contributed by atoms with E-state index in [2.05, 4.69) is 15.6 Å². The summed E-state index contributed by atoms with van der Waals surface area (Å²) in [7, 11) is 0. The molecular formula is C23H18F3N3O7S. The Morgan fingerprint density at radius 2 is 1.76 bits per heavy atom. The smallest absolute Gasteiger partial charge is 0.346 e. The molecule has 0 unspecified atom stereocenters. The van der Waals surface area contributed by atoms with Gasteiger partial charge in [0.25, 0.3) is 0 Å². The maximum atomic E-state index is 14.4. The maximum absolute atomic E-state index is 14.4. The van der Waals surface area contributed by atoms with Crippen LogP contribution in [-0.4, -0.2) is 39.8 Å². The molecule has 2 amide bonds. The SMILES string of the molecule is O=C(Nc1cc(OCc2c(OCC3CC3)ccc(F)c2F)ncc1F)Nc1csc(C(=O)O)c1C(=O)O. The van der Waals surface area contributed by atoms with Crippen molar-refractivity contribution in [1.82, 2.24) is 4.98 Å². The Bertz CT molecular complexity index is 1380. The predicted octanol–water partition coefficient (Wildman–Crippen LogP) is 4.97. The summed E-state index contributed by atoms with van der Waals surface area (Å²) in [4.78, 5) is 38.1. The fourth-order valence-corrected chi connectivity index (χ4v) is 4.00. The molecule has 37 heavy (non-hydrogen) atoms. The van der Waals surface area contributed by atoms with Gasteiger partial charge in [-0.1, -0.05) is 0 Å². The predicted molar refractivity (Wildman–Crippen MR) is 124 cm³/mol. The molecule has 0 spiro atoms. The monoisotopic (exact) mass is 537 g/mol. The summed E-state index contributed by atoms with van der Waals surface area (Å²) in [5.74, 6) is -6.12. The normalized spacial score (nSPS) is 12.6. The molecule has 1 aliphatic carbocycles. The number of carboxylic acids is 2. The summed E-state index contributed by atoms with van der Waals surface area (Å²) in [5.41, 5.74) is -1.58. The summed E-state index contributed by atoms with van der Waals surface area (Å²) in [6.07, 6.45) is 2.69. The first kappa shape index (κ1) is 25.8. The Morgan fingerprint density at radius 1 is 1.03 bits per heavy atom. The number of nitrogens with one attached hydrogen (secondary N) is 2. The zero-order chi connectivity index (χ0) is 26.7. The van der Waals surface area contributed by atoms with E-state index in [4.69, 9.17) is 14.6 Å². The van der Waals surface area contributed by atoms with E-state index in [1.54, 1.807) is 0 Å². The Balaban J connectivity index is 1.46. The second kappa shape index (κ2) is 10.7. The summed E-state index contributed by atoms with van der Waals surface area (Å²) < 4.78 is 53.4. The molecule has 1 aromatic carbocycles. The van der Waals surface area contributed by atoms with Gasteiger partial charge in [-0.2, -0.15) is 0 Å². The molecule has 0 saturated heterocycles. The van der Waals surface area contributed by atoms with Gasteiger partial charge in [-0.25, -0.2) is 32.5 Å². The summed E-state index contributed by atoms with van der Waals surface area (Å²) in [6, 6.07) is 2.10. The maximum Gasteiger partial charge on any atom is 0.346 e. The lowest BCUT2D eigenvalue weighted by atomic mass is 10.2. The zero-order valence-corrected chi connectivity index (χ0v) is 19.5. The van der Waals surface area contributed by atoms with Gasteiger partial charge in [0.05, 0.1) is 29.7 Å². The van der Waals surface area contributed by atoms with Crippen molar-refractivity contribution in [1.29, 1.82) is 0 Å². The average molecular weight is 537 g/mol. The number of carboxylic acid groups (broad SMARTS) is 2. The van der Waals surface area contributed by atoms with E-state index in [0.29, 0.717) is 30.1 Å². The summed E-state index contributed by atoms with van der Waals surface area (Å²) in [6.45, 7) is -0.166. The molecule has 4 N–H and O–H groups in total. The third-order valence-corrected chi connectivity index (χ3v) is 6.18. The molecule has 10 nitrogen and oxygen atoms in total. The molecule has 0 aliphatic heterocycles. The lowest BCUT2D eigenvalue weighted by molar-refractivity contribution is 0.0657. The molecule has 194 valence electrons. The van der Waals surface area contributed by atoms with Crippen LogP contribution in [0.25, 0.3) is 0 Å². The number of rotatable bonds is 10. The van der Waals surface area contributed by atoms with Crippen LogP contribution in [0, 0.1) is 23.4 Å². The van der Waals surface area contributed by atoms with Gasteiger partial charge in [0.2, 0.25) is 5.88 Å². The number of nitrogens with zero attached hydrogens (tertiary/aromatic N) is 1. The lowest BCUT2D eigenvalue weighted by Gasteiger charge is -2.14. The Morgan fingerprint density at radius 3 is 2.43 bits per heavy atom. The highest BCUT2D eigenvalue weighted by Gasteiger charge is 2.25. The fraction of sp³-hybridized carbons (Fsp3) is 0.217. The number of thiophene rings is 1. The van der Waals surface area contributed by atoms with Gasteiger partial charge in [-0.3, -0.25) is 0 Å². The van der Waals surface area contributed by atoms with Crippen molar-refractivity contribution >= 4 is 40.7 Å². The minimum Gasteiger partial charge on any atom is -0.493 e. The van der Waals surface area contributed by atoms with E-state index >= 15 is 0 Å². The van der Waals surface area contributed by atoms with Crippen molar-refractivity contribution in [3.63, 3.8) is 0 Å². The number of ether oxygens (including phenoxy) is 2. The number of carbonyl (C=O) groups excluding carboxylic acids is 1. The van der Waals surface area contributed by atoms with Gasteiger partial charge in [0.15, 0.2) is 17.5 Å².